The highest BCUT2D eigenvalue weighted by Gasteiger charge is 2.47. The molecule has 0 radical (unpaired) electrons. The van der Waals surface area contributed by atoms with E-state index in [1.165, 1.54) is 40.6 Å². The van der Waals surface area contributed by atoms with Crippen LogP contribution in [-0.4, -0.2) is 130 Å². The molecule has 656 valence electrons. The molecule has 6 aliphatic heterocycles. The summed E-state index contributed by atoms with van der Waals surface area (Å²) in [5.41, 5.74) is 9.21. The van der Waals surface area contributed by atoms with Gasteiger partial charge in [0.2, 0.25) is 41.2 Å². The van der Waals surface area contributed by atoms with Crippen LogP contribution in [0.1, 0.15) is 245 Å². The fraction of sp³-hybridized carbons (Fsp3) is 0.427. The van der Waals surface area contributed by atoms with E-state index in [2.05, 4.69) is 157 Å². The Hall–Kier alpha value is -12.2. The molecule has 6 amide bonds. The summed E-state index contributed by atoms with van der Waals surface area (Å²) in [6, 6.07) is 33.3. The number of Topliss-reactive ketones (excluding diaryl/α,β-unsaturated/α-hetero) is 1. The maximum Gasteiger partial charge on any atom is 0.341 e. The molecule has 6 aliphatic carbocycles. The molecular formula is C96H111N12O16P. The number of carboxylic acid groups (broad SMARTS) is 2. The third-order valence-corrected chi connectivity index (χ3v) is 31.5. The van der Waals surface area contributed by atoms with Gasteiger partial charge in [-0.25, -0.2) is 9.59 Å². The number of rotatable bonds is 12. The second-order valence-corrected chi connectivity index (χ2v) is 38.1. The first-order chi connectivity index (χ1) is 60.2. The average molecular weight is 1720 g/mol. The second-order valence-electron chi connectivity index (χ2n) is 34.9. The number of hydrogen-bond donors (Lipinski definition) is 8. The Morgan fingerprint density at radius 3 is 1.02 bits per heavy atom. The number of hydrogen-bond acceptors (Lipinski definition) is 14. The van der Waals surface area contributed by atoms with E-state index in [0.29, 0.717) is 63.7 Å². The van der Waals surface area contributed by atoms with E-state index in [0.717, 1.165) is 155 Å². The fourth-order valence-corrected chi connectivity index (χ4v) is 25.4. The topological polar surface area (TPSA) is 366 Å². The van der Waals surface area contributed by atoms with Gasteiger partial charge in [0.15, 0.2) is 12.6 Å². The van der Waals surface area contributed by atoms with E-state index >= 15 is 0 Å². The zero-order valence-electron chi connectivity index (χ0n) is 72.2. The van der Waals surface area contributed by atoms with Crippen molar-refractivity contribution in [2.45, 2.75) is 213 Å². The number of anilines is 6. The van der Waals surface area contributed by atoms with Crippen molar-refractivity contribution < 1.29 is 77.2 Å². The van der Waals surface area contributed by atoms with Crippen LogP contribution in [0.25, 0.3) is 0 Å². The smallest absolute Gasteiger partial charge is 0.341 e. The Morgan fingerprint density at radius 2 is 0.688 bits per heavy atom. The van der Waals surface area contributed by atoms with E-state index in [4.69, 9.17) is 14.6 Å². The summed E-state index contributed by atoms with van der Waals surface area (Å²) in [5.74, 6) is 4.03. The van der Waals surface area contributed by atoms with Crippen LogP contribution in [-0.2, 0) is 60.7 Å². The number of carbonyl (C=O) groups is 12. The Kier molecular flexibility index (Phi) is 25.9. The first-order valence-electron chi connectivity index (χ1n) is 43.8. The standard InChI is InChI=1S/C20H19OP.2C13H16N2O3.C13H14N2O3.C13H18N2O.C12H14N2O3.C12H14N2O2/c1-21-17-22(18-11-5-2-6-12-18,19-13-7-3-8-14-19)20-15-9-4-10-16-20;1-7-6-15-9-5-3-4-8(9)12(16)14-11(15)10(7)13(17)18-2;1-7-6-15-10-4-2-3-8(10)13(18)14-12(15)9(7)5-11(16)17;1-7-5-15-9-4-2-3-8(9)13(18)14-12(15)11(7)10(17)6-16;1-3-9-8(2)7-15-11-6-4-5-10(11)13(16)14-12(9)15;1-6-5-14-8-4-2-3-7(8)11(15)13-10(14)9(6)12(16)17;1-7-5-14-10-4-2-3-8(10)12(16)13-11(14)9(7)6-15/h2-17H,1H3;6,8-9H,3-5H2,1-2H3,(H,14,16);6,8,10H,2-5H2,1H3,(H,14,18)(H,16,17);5-6,8-9H,2-4H2,1H3,(H,14,18);7,10-11H,3-6H2,1-2H3,(H,14,16);5,7-8H,2-4H2,1H3,(H,13,15)(H,16,17);5-6,8,10H,2-4H2,1H3,(H,13,16). The van der Waals surface area contributed by atoms with Crippen LogP contribution in [0.5, 0.6) is 0 Å². The molecule has 29 heteroatoms. The first kappa shape index (κ1) is 87.7. The molecule has 12 heterocycles. The van der Waals surface area contributed by atoms with Crippen molar-refractivity contribution in [2.75, 3.05) is 46.1 Å². The molecular weight excluding hydrogens is 1610 g/mol. The SMILES string of the molecule is CCc1c(C)cn2c1NC(=O)C1CCCC12.COC(=O)c1c(C)cn2c1NC(=O)C1CCCC12.COC=P(c1ccccc1)(c1ccccc1)c1ccccc1.Cc1cn2c(c1C(=O)C=O)NC(=O)C1CCCC12.Cc1cn2c(c1C(=O)O)NC(=O)C1CCCC12.Cc1cn2c(c1C=O)NC(=O)C1CCCC12.Cc1cn2c(c1CC(=O)O)NC(=O)C1CCCC12. The maximum absolute atomic E-state index is 12.0. The van der Waals surface area contributed by atoms with E-state index < -0.39 is 30.6 Å². The van der Waals surface area contributed by atoms with Crippen molar-refractivity contribution in [3.05, 3.63) is 195 Å². The monoisotopic (exact) mass is 1720 g/mol. The van der Waals surface area contributed by atoms with Crippen molar-refractivity contribution in [1.29, 1.82) is 0 Å². The molecule has 6 aromatic heterocycles. The third kappa shape index (κ3) is 16.5. The van der Waals surface area contributed by atoms with Gasteiger partial charge in [-0.3, -0.25) is 47.9 Å². The predicted molar refractivity (Wildman–Crippen MR) is 478 cm³/mol. The van der Waals surface area contributed by atoms with Gasteiger partial charge in [0.1, 0.15) is 46.0 Å². The number of aromatic carboxylic acids is 1. The van der Waals surface area contributed by atoms with E-state index in [1.54, 1.807) is 21.0 Å². The van der Waals surface area contributed by atoms with Crippen molar-refractivity contribution in [3.63, 3.8) is 0 Å². The number of aldehydes is 2. The quantitative estimate of drug-likeness (QED) is 0.0185. The zero-order valence-corrected chi connectivity index (χ0v) is 73.1. The fourth-order valence-electron chi connectivity index (χ4n) is 21.9. The Labute approximate surface area is 725 Å². The molecule has 12 atom stereocenters. The minimum absolute atomic E-state index is 0.00323. The van der Waals surface area contributed by atoms with Crippen molar-refractivity contribution >= 4 is 135 Å². The number of benzene rings is 3. The lowest BCUT2D eigenvalue weighted by atomic mass is 10.00. The lowest BCUT2D eigenvalue weighted by Gasteiger charge is -2.29. The number of amides is 6. The predicted octanol–water partition coefficient (Wildman–Crippen LogP) is 14.8. The molecule has 0 bridgehead atoms. The van der Waals surface area contributed by atoms with Gasteiger partial charge in [-0.1, -0.05) is 136 Å². The Balaban J connectivity index is 0.000000113. The highest BCUT2D eigenvalue weighted by molar-refractivity contribution is 7.94. The Bertz CT molecular complexity index is 5680. The van der Waals surface area contributed by atoms with Crippen LogP contribution in [0.4, 0.5) is 34.9 Å². The van der Waals surface area contributed by atoms with Gasteiger partial charge in [0.05, 0.1) is 60.2 Å². The number of nitrogens with one attached hydrogen (secondary N) is 6. The van der Waals surface area contributed by atoms with Crippen LogP contribution in [0.3, 0.4) is 0 Å². The zero-order chi connectivity index (χ0) is 88.6. The summed E-state index contributed by atoms with van der Waals surface area (Å²) < 4.78 is 22.8. The highest BCUT2D eigenvalue weighted by atomic mass is 31.2. The molecule has 125 heavy (non-hydrogen) atoms. The molecule has 9 aromatic rings. The number of nitrogens with zero attached hydrogens (tertiary/aromatic N) is 6. The molecule has 12 unspecified atom stereocenters. The number of carbonyl (C=O) groups excluding carboxylic acids is 10. The minimum atomic E-state index is -1.90. The summed E-state index contributed by atoms with van der Waals surface area (Å²) in [6.45, 7) is 11.6. The van der Waals surface area contributed by atoms with Gasteiger partial charge in [-0.05, 0) is 187 Å². The van der Waals surface area contributed by atoms with Gasteiger partial charge in [-0.15, -0.1) is 0 Å². The summed E-state index contributed by atoms with van der Waals surface area (Å²) >= 11 is 0. The van der Waals surface area contributed by atoms with Gasteiger partial charge < -0.3 is 79.0 Å². The number of methoxy groups -OCH3 is 2. The summed E-state index contributed by atoms with van der Waals surface area (Å²) in [4.78, 5) is 139. The molecule has 0 spiro atoms. The molecule has 28 nitrogen and oxygen atoms in total. The lowest BCUT2D eigenvalue weighted by molar-refractivity contribution is -0.136. The molecule has 12 aliphatic rings. The van der Waals surface area contributed by atoms with E-state index in [9.17, 15) is 62.6 Å². The molecule has 6 saturated carbocycles. The van der Waals surface area contributed by atoms with Crippen molar-refractivity contribution in [3.8, 4) is 0 Å². The maximum atomic E-state index is 12.0. The highest BCUT2D eigenvalue weighted by Crippen LogP contribution is 2.51. The van der Waals surface area contributed by atoms with Gasteiger partial charge in [0, 0.05) is 92.1 Å². The van der Waals surface area contributed by atoms with Crippen molar-refractivity contribution in [2.24, 2.45) is 35.5 Å². The lowest BCUT2D eigenvalue weighted by Crippen LogP contribution is -2.34. The number of aromatic nitrogens is 6. The number of carboxylic acids is 2. The molecule has 6 fully saturated rings. The summed E-state index contributed by atoms with van der Waals surface area (Å²) in [6.07, 6.45) is 32.2. The average Bonchev–Trinajstić information content (AvgIpc) is 1.80. The van der Waals surface area contributed by atoms with E-state index in [-0.39, 0.29) is 113 Å². The summed E-state index contributed by atoms with van der Waals surface area (Å²) in [5, 5.41) is 39.2. The number of aliphatic carboxylic acids is 1. The molecule has 21 rings (SSSR count). The molecule has 8 N–H and O–H groups in total. The van der Waals surface area contributed by atoms with Gasteiger partial charge in [-0.2, -0.15) is 0 Å². The van der Waals surface area contributed by atoms with Crippen LogP contribution in [0, 0.1) is 77.0 Å². The normalized spacial score (nSPS) is 23.5. The molecule has 3 aromatic carbocycles. The minimum Gasteiger partial charge on any atom is -0.481 e. The Morgan fingerprint density at radius 1 is 0.392 bits per heavy atom. The largest absolute Gasteiger partial charge is 0.481 e. The third-order valence-electron chi connectivity index (χ3n) is 27.6. The number of esters is 1. The molecule has 0 saturated heterocycles. The van der Waals surface area contributed by atoms with Crippen LogP contribution < -0.4 is 47.8 Å². The number of aryl methyl sites for hydroxylation is 6. The van der Waals surface area contributed by atoms with Crippen LogP contribution in [0.2, 0.25) is 0 Å². The van der Waals surface area contributed by atoms with Gasteiger partial charge in [0.25, 0.3) is 0 Å². The number of ketones is 1. The van der Waals surface area contributed by atoms with Crippen LogP contribution in [0.15, 0.2) is 128 Å². The number of ether oxygens (including phenoxy) is 2. The van der Waals surface area contributed by atoms with Crippen molar-refractivity contribution in [1.82, 2.24) is 27.4 Å². The number of fused-ring (bicyclic) bond motifs is 18. The summed E-state index contributed by atoms with van der Waals surface area (Å²) in [7, 11) is 3.10. The second kappa shape index (κ2) is 36.9. The van der Waals surface area contributed by atoms with Gasteiger partial charge >= 0.3 is 17.9 Å². The first-order valence-corrected chi connectivity index (χ1v) is 45.6. The van der Waals surface area contributed by atoms with E-state index in [1.807, 2.05) is 71.4 Å². The van der Waals surface area contributed by atoms with Crippen LogP contribution >= 0.6 is 6.89 Å².